The number of hydrogen-bond acceptors (Lipinski definition) is 7. The van der Waals surface area contributed by atoms with Crippen LogP contribution in [0.15, 0.2) is 47.7 Å². The number of hydrogen-bond donors (Lipinski definition) is 1. The third kappa shape index (κ3) is 5.21. The summed E-state index contributed by atoms with van der Waals surface area (Å²) in [5.41, 5.74) is 2.80. The van der Waals surface area contributed by atoms with Crippen molar-refractivity contribution >= 4 is 45.0 Å². The van der Waals surface area contributed by atoms with Gasteiger partial charge in [-0.3, -0.25) is 14.4 Å². The number of halogens is 3. The first-order valence-electron chi connectivity index (χ1n) is 16.8. The zero-order valence-corrected chi connectivity index (χ0v) is 29.0. The molecule has 9 nitrogen and oxygen atoms in total. The number of ether oxygens (including phenoxy) is 1. The first kappa shape index (κ1) is 32.2. The van der Waals surface area contributed by atoms with E-state index in [-0.39, 0.29) is 64.5 Å². The van der Waals surface area contributed by atoms with E-state index in [2.05, 4.69) is 33.0 Å². The summed E-state index contributed by atoms with van der Waals surface area (Å²) in [6.07, 6.45) is 8.53. The smallest absolute Gasteiger partial charge is 0.227 e. The van der Waals surface area contributed by atoms with Crippen LogP contribution in [0.5, 0.6) is 5.88 Å². The average molecular weight is 701 g/mol. The molecule has 2 bridgehead atoms. The highest BCUT2D eigenvalue weighted by atomic mass is 35.5. The maximum absolute atomic E-state index is 17.4. The van der Waals surface area contributed by atoms with E-state index in [1.54, 1.807) is 29.1 Å². The Morgan fingerprint density at radius 2 is 2.06 bits per heavy atom. The molecule has 252 valence electrons. The zero-order valence-electron chi connectivity index (χ0n) is 27.5. The van der Waals surface area contributed by atoms with Crippen molar-refractivity contribution in [3.8, 4) is 34.2 Å². The quantitative estimate of drug-likeness (QED) is 0.176. The van der Waals surface area contributed by atoms with Crippen molar-refractivity contribution in [3.63, 3.8) is 0 Å². The van der Waals surface area contributed by atoms with Crippen LogP contribution in [0.25, 0.3) is 44.1 Å². The topological polar surface area (TPSA) is 101 Å². The van der Waals surface area contributed by atoms with Gasteiger partial charge in [0.15, 0.2) is 5.82 Å². The lowest BCUT2D eigenvalue weighted by atomic mass is 9.79. The molecule has 3 saturated heterocycles. The van der Waals surface area contributed by atoms with E-state index < -0.39 is 5.82 Å². The molecule has 0 radical (unpaired) electrons. The fourth-order valence-electron chi connectivity index (χ4n) is 8.36. The third-order valence-electron chi connectivity index (χ3n) is 10.8. The van der Waals surface area contributed by atoms with Crippen LogP contribution in [0.2, 0.25) is 10.0 Å². The summed E-state index contributed by atoms with van der Waals surface area (Å²) in [6, 6.07) is 9.54. The summed E-state index contributed by atoms with van der Waals surface area (Å²) in [4.78, 5) is 21.9. The summed E-state index contributed by atoms with van der Waals surface area (Å²) in [5, 5.41) is 18.9. The van der Waals surface area contributed by atoms with E-state index in [0.29, 0.717) is 49.5 Å². The Morgan fingerprint density at radius 1 is 1.22 bits per heavy atom. The molecule has 0 unspecified atom stereocenters. The number of aromatic nitrogens is 4. The van der Waals surface area contributed by atoms with Gasteiger partial charge >= 0.3 is 0 Å². The van der Waals surface area contributed by atoms with Crippen LogP contribution < -0.4 is 15.5 Å². The molecule has 3 aromatic heterocycles. The minimum absolute atomic E-state index is 0.0445. The van der Waals surface area contributed by atoms with Gasteiger partial charge in [0.2, 0.25) is 11.3 Å². The second kappa shape index (κ2) is 12.4. The molecule has 12 heteroatoms. The summed E-state index contributed by atoms with van der Waals surface area (Å²) in [5.74, 6) is -0.146. The van der Waals surface area contributed by atoms with Gasteiger partial charge in [-0.15, -0.1) is 0 Å². The number of likely N-dealkylation sites (N-methyl/N-ethyl adjacent to an activating group) is 1. The molecule has 1 N–H and O–H groups in total. The number of nitriles is 1. The van der Waals surface area contributed by atoms with Gasteiger partial charge in [-0.2, -0.15) is 10.4 Å². The molecule has 49 heavy (non-hydrogen) atoms. The molecule has 0 spiro atoms. The number of fused-ring (bicyclic) bond motifs is 4. The number of benzene rings is 2. The highest BCUT2D eigenvalue weighted by Crippen LogP contribution is 2.48. The standard InChI is InChI=1S/C37H36Cl2FN7O2/c1-19(28-10-6-12-45(28)2)49-37-30-35(47(34-21-14-27(34)42-15-21)18-25(36(30)48)22-16-43-46(3)17-22)24-13-20(7-5-11-41)29(32(40)33(24)44-37)23-8-4-9-26(38)31(23)39/h4,8-9,13,16-19,21,27-28,34,42H,5-7,10,12,14-15H2,1-3H3/t19-,21+,27+,28-,34-/m0/s1. The number of aryl methyl sites for hydroxylation is 2. The predicted molar refractivity (Wildman–Crippen MR) is 190 cm³/mol. The van der Waals surface area contributed by atoms with Crippen molar-refractivity contribution in [1.82, 2.24) is 29.5 Å². The molecule has 6 heterocycles. The van der Waals surface area contributed by atoms with Crippen molar-refractivity contribution in [2.45, 2.75) is 63.3 Å². The van der Waals surface area contributed by atoms with E-state index in [0.717, 1.165) is 32.4 Å². The summed E-state index contributed by atoms with van der Waals surface area (Å²) in [7, 11) is 3.89. The number of likely N-dealkylation sites (tertiary alicyclic amines) is 1. The van der Waals surface area contributed by atoms with Crippen molar-refractivity contribution in [2.24, 2.45) is 13.0 Å². The molecule has 4 fully saturated rings. The Kier molecular flexibility index (Phi) is 8.15. The fourth-order valence-corrected chi connectivity index (χ4v) is 8.76. The van der Waals surface area contributed by atoms with Gasteiger partial charge in [0.05, 0.1) is 33.9 Å². The van der Waals surface area contributed by atoms with Crippen LogP contribution in [-0.4, -0.2) is 62.6 Å². The van der Waals surface area contributed by atoms with Gasteiger partial charge in [-0.1, -0.05) is 35.3 Å². The molecule has 0 amide bonds. The molecular formula is C37H36Cl2FN7O2. The van der Waals surface area contributed by atoms with E-state index >= 15 is 4.39 Å². The largest absolute Gasteiger partial charge is 0.472 e. The highest BCUT2D eigenvalue weighted by Gasteiger charge is 2.48. The lowest BCUT2D eigenvalue weighted by Crippen LogP contribution is -2.40. The lowest BCUT2D eigenvalue weighted by Gasteiger charge is -2.38. The van der Waals surface area contributed by atoms with Crippen LogP contribution in [0, 0.1) is 23.1 Å². The molecule has 5 atom stereocenters. The van der Waals surface area contributed by atoms with Crippen LogP contribution in [-0.2, 0) is 13.5 Å². The van der Waals surface area contributed by atoms with Gasteiger partial charge in [-0.25, -0.2) is 9.37 Å². The Morgan fingerprint density at radius 3 is 2.73 bits per heavy atom. The van der Waals surface area contributed by atoms with Gasteiger partial charge in [0.25, 0.3) is 0 Å². The molecule has 9 rings (SSSR count). The maximum atomic E-state index is 17.4. The van der Waals surface area contributed by atoms with E-state index in [4.69, 9.17) is 32.9 Å². The second-order valence-corrected chi connectivity index (χ2v) is 14.5. The Hall–Kier alpha value is -4.01. The second-order valence-electron chi connectivity index (χ2n) is 13.7. The fraction of sp³-hybridized carbons (Fsp3) is 0.405. The summed E-state index contributed by atoms with van der Waals surface area (Å²) >= 11 is 13.1. The SMILES string of the molecule is C[C@H](Oc1nc2c(F)c(-c3cccc(Cl)c3Cl)c(CCC#N)cc2c2c1c(=O)c(-c1cnn(C)c1)cn2[C@H]1[C@H]2CN[C@@H]1C2)[C@@H]1CCCN1C. The van der Waals surface area contributed by atoms with Crippen molar-refractivity contribution in [3.05, 3.63) is 74.5 Å². The number of pyridine rings is 2. The van der Waals surface area contributed by atoms with E-state index in [1.165, 1.54) is 0 Å². The molecule has 2 aromatic carbocycles. The average Bonchev–Trinajstić information content (AvgIpc) is 3.90. The predicted octanol–water partition coefficient (Wildman–Crippen LogP) is 6.91. The van der Waals surface area contributed by atoms with Gasteiger partial charge in [0.1, 0.15) is 17.0 Å². The Bertz CT molecular complexity index is 2230. The molecule has 3 aliphatic heterocycles. The van der Waals surface area contributed by atoms with Gasteiger partial charge in [0, 0.05) is 72.1 Å². The zero-order chi connectivity index (χ0) is 34.1. The number of nitrogens with one attached hydrogen (secondary N) is 1. The van der Waals surface area contributed by atoms with Crippen LogP contribution >= 0.6 is 23.2 Å². The van der Waals surface area contributed by atoms with Crippen molar-refractivity contribution < 1.29 is 9.13 Å². The van der Waals surface area contributed by atoms with Gasteiger partial charge < -0.3 is 14.6 Å². The minimum atomic E-state index is -0.600. The Balaban J connectivity index is 1.49. The minimum Gasteiger partial charge on any atom is -0.472 e. The Labute approximate surface area is 293 Å². The molecular weight excluding hydrogens is 664 g/mol. The van der Waals surface area contributed by atoms with Crippen LogP contribution in [0.3, 0.4) is 0 Å². The molecule has 4 aliphatic rings. The van der Waals surface area contributed by atoms with Gasteiger partial charge in [-0.05, 0) is 69.8 Å². The number of rotatable bonds is 8. The third-order valence-corrected chi connectivity index (χ3v) is 11.6. The first-order valence-corrected chi connectivity index (χ1v) is 17.6. The van der Waals surface area contributed by atoms with Crippen LogP contribution in [0.4, 0.5) is 4.39 Å². The van der Waals surface area contributed by atoms with Crippen LogP contribution in [0.1, 0.15) is 44.2 Å². The molecule has 1 saturated carbocycles. The maximum Gasteiger partial charge on any atom is 0.227 e. The highest BCUT2D eigenvalue weighted by molar-refractivity contribution is 6.43. The molecule has 5 aromatic rings. The first-order chi connectivity index (χ1) is 23.7. The summed E-state index contributed by atoms with van der Waals surface area (Å²) < 4.78 is 27.9. The molecule has 1 aliphatic carbocycles. The normalized spacial score (nSPS) is 22.5. The van der Waals surface area contributed by atoms with Crippen molar-refractivity contribution in [2.75, 3.05) is 20.1 Å². The monoisotopic (exact) mass is 699 g/mol. The lowest BCUT2D eigenvalue weighted by molar-refractivity contribution is 0.119. The van der Waals surface area contributed by atoms with E-state index in [9.17, 15) is 10.1 Å². The number of nitrogens with zero attached hydrogens (tertiary/aromatic N) is 6. The van der Waals surface area contributed by atoms with Crippen molar-refractivity contribution in [1.29, 1.82) is 5.26 Å². The summed E-state index contributed by atoms with van der Waals surface area (Å²) in [6.45, 7) is 3.80. The van der Waals surface area contributed by atoms with E-state index in [1.807, 2.05) is 32.4 Å².